The Morgan fingerprint density at radius 1 is 1.25 bits per heavy atom. The monoisotopic (exact) mass is 422 g/mol. The molecule has 0 spiro atoms. The van der Waals surface area contributed by atoms with Gasteiger partial charge in [0.25, 0.3) is 0 Å². The number of halogens is 1. The summed E-state index contributed by atoms with van der Waals surface area (Å²) in [4.78, 5) is 12.9. The third kappa shape index (κ3) is 4.84. The van der Waals surface area contributed by atoms with Gasteiger partial charge in [0.15, 0.2) is 0 Å². The first-order valence-electron chi connectivity index (χ1n) is 9.19. The van der Waals surface area contributed by atoms with E-state index in [1.807, 2.05) is 13.0 Å². The number of rotatable bonds is 6. The van der Waals surface area contributed by atoms with Crippen LogP contribution in [0.25, 0.3) is 0 Å². The van der Waals surface area contributed by atoms with Crippen LogP contribution in [0.4, 0.5) is 5.69 Å². The summed E-state index contributed by atoms with van der Waals surface area (Å²) in [5.41, 5.74) is 0.633. The van der Waals surface area contributed by atoms with Crippen molar-refractivity contribution in [3.8, 4) is 5.75 Å². The minimum absolute atomic E-state index is 0.155. The summed E-state index contributed by atoms with van der Waals surface area (Å²) in [6.45, 7) is 2.98. The number of nitrogens with one attached hydrogen (secondary N) is 1. The van der Waals surface area contributed by atoms with Crippen molar-refractivity contribution < 1.29 is 17.9 Å². The second-order valence-corrected chi connectivity index (χ2v) is 8.98. The van der Waals surface area contributed by atoms with Crippen LogP contribution in [-0.4, -0.2) is 38.3 Å². The van der Waals surface area contributed by atoms with Gasteiger partial charge in [0.1, 0.15) is 5.75 Å². The number of sulfonamides is 1. The molecule has 1 atom stereocenters. The molecule has 0 saturated carbocycles. The summed E-state index contributed by atoms with van der Waals surface area (Å²) in [6, 6.07) is 13.2. The van der Waals surface area contributed by atoms with Crippen molar-refractivity contribution in [2.75, 3.05) is 25.0 Å². The number of carbonyl (C=O) groups is 1. The van der Waals surface area contributed by atoms with E-state index >= 15 is 0 Å². The van der Waals surface area contributed by atoms with Gasteiger partial charge in [0.05, 0.1) is 17.4 Å². The lowest BCUT2D eigenvalue weighted by molar-refractivity contribution is -0.120. The average molecular weight is 423 g/mol. The Morgan fingerprint density at radius 3 is 2.71 bits per heavy atom. The second-order valence-electron chi connectivity index (χ2n) is 6.61. The Hall–Kier alpha value is -2.09. The zero-order valence-corrected chi connectivity index (χ0v) is 17.2. The molecule has 1 amide bonds. The van der Waals surface area contributed by atoms with Gasteiger partial charge in [-0.1, -0.05) is 17.7 Å². The van der Waals surface area contributed by atoms with Gasteiger partial charge in [-0.05, 0) is 56.2 Å². The molecule has 0 bridgehead atoms. The van der Waals surface area contributed by atoms with E-state index in [1.54, 1.807) is 30.3 Å². The van der Waals surface area contributed by atoms with E-state index in [9.17, 15) is 13.2 Å². The van der Waals surface area contributed by atoms with E-state index in [0.717, 1.165) is 0 Å². The van der Waals surface area contributed by atoms with Crippen LogP contribution in [0.1, 0.15) is 19.8 Å². The van der Waals surface area contributed by atoms with Gasteiger partial charge in [-0.2, -0.15) is 4.31 Å². The van der Waals surface area contributed by atoms with E-state index in [2.05, 4.69) is 5.32 Å². The number of hydrogen-bond donors (Lipinski definition) is 1. The molecule has 28 heavy (non-hydrogen) atoms. The summed E-state index contributed by atoms with van der Waals surface area (Å²) in [6.07, 6.45) is 1.27. The number of amides is 1. The van der Waals surface area contributed by atoms with Crippen LogP contribution in [0.5, 0.6) is 5.75 Å². The Kier molecular flexibility index (Phi) is 6.59. The van der Waals surface area contributed by atoms with Gasteiger partial charge >= 0.3 is 0 Å². The highest BCUT2D eigenvalue weighted by Crippen LogP contribution is 2.26. The minimum Gasteiger partial charge on any atom is -0.494 e. The Bertz CT molecular complexity index is 931. The lowest BCUT2D eigenvalue weighted by Crippen LogP contribution is -2.43. The highest BCUT2D eigenvalue weighted by molar-refractivity contribution is 7.89. The molecule has 1 unspecified atom stereocenters. The summed E-state index contributed by atoms with van der Waals surface area (Å²) in [7, 11) is -3.66. The summed E-state index contributed by atoms with van der Waals surface area (Å²) in [5.74, 6) is 0.0760. The quantitative estimate of drug-likeness (QED) is 0.768. The van der Waals surface area contributed by atoms with Crippen molar-refractivity contribution in [3.05, 3.63) is 53.6 Å². The zero-order chi connectivity index (χ0) is 20.1. The highest BCUT2D eigenvalue weighted by atomic mass is 35.5. The van der Waals surface area contributed by atoms with Crippen molar-refractivity contribution in [2.45, 2.75) is 24.7 Å². The van der Waals surface area contributed by atoms with E-state index < -0.39 is 15.9 Å². The Labute approximate surface area is 170 Å². The van der Waals surface area contributed by atoms with Gasteiger partial charge in [0.2, 0.25) is 15.9 Å². The number of ether oxygens (including phenoxy) is 1. The lowest BCUT2D eigenvalue weighted by atomic mass is 9.98. The maximum atomic E-state index is 12.9. The third-order valence-electron chi connectivity index (χ3n) is 4.62. The summed E-state index contributed by atoms with van der Waals surface area (Å²) < 4.78 is 32.6. The van der Waals surface area contributed by atoms with Crippen LogP contribution >= 0.6 is 11.6 Å². The molecule has 0 aliphatic carbocycles. The molecule has 1 fully saturated rings. The van der Waals surface area contributed by atoms with Crippen LogP contribution in [0.15, 0.2) is 53.4 Å². The topological polar surface area (TPSA) is 75.7 Å². The van der Waals surface area contributed by atoms with Crippen LogP contribution in [0.3, 0.4) is 0 Å². The number of anilines is 1. The molecule has 1 N–H and O–H groups in total. The molecule has 150 valence electrons. The molecule has 0 aromatic heterocycles. The van der Waals surface area contributed by atoms with E-state index in [1.165, 1.54) is 16.4 Å². The predicted molar refractivity (Wildman–Crippen MR) is 109 cm³/mol. The maximum absolute atomic E-state index is 12.9. The SMILES string of the molecule is CCOc1cccc(NC(=O)C2CCCN(S(=O)(=O)c3ccc(Cl)cc3)C2)c1. The largest absolute Gasteiger partial charge is 0.494 e. The number of hydrogen-bond acceptors (Lipinski definition) is 4. The van der Waals surface area contributed by atoms with E-state index in [-0.39, 0.29) is 17.3 Å². The first kappa shape index (κ1) is 20.6. The first-order chi connectivity index (χ1) is 13.4. The van der Waals surface area contributed by atoms with Gasteiger partial charge in [-0.25, -0.2) is 8.42 Å². The zero-order valence-electron chi connectivity index (χ0n) is 15.6. The Balaban J connectivity index is 1.69. The molecule has 1 heterocycles. The predicted octanol–water partition coefficient (Wildman–Crippen LogP) is 3.78. The number of carbonyl (C=O) groups excluding carboxylic acids is 1. The lowest BCUT2D eigenvalue weighted by Gasteiger charge is -2.31. The smallest absolute Gasteiger partial charge is 0.243 e. The van der Waals surface area contributed by atoms with Gasteiger partial charge in [-0.3, -0.25) is 4.79 Å². The summed E-state index contributed by atoms with van der Waals surface area (Å²) >= 11 is 5.85. The molecular weight excluding hydrogens is 400 g/mol. The molecule has 1 saturated heterocycles. The maximum Gasteiger partial charge on any atom is 0.243 e. The van der Waals surface area contributed by atoms with E-state index in [0.29, 0.717) is 42.5 Å². The van der Waals surface area contributed by atoms with Crippen LogP contribution in [0.2, 0.25) is 5.02 Å². The fraction of sp³-hybridized carbons (Fsp3) is 0.350. The Morgan fingerprint density at radius 2 is 2.00 bits per heavy atom. The molecule has 1 aliphatic rings. The summed E-state index contributed by atoms with van der Waals surface area (Å²) in [5, 5.41) is 3.35. The molecule has 6 nitrogen and oxygen atoms in total. The first-order valence-corrected chi connectivity index (χ1v) is 11.0. The van der Waals surface area contributed by atoms with Gasteiger partial charge in [-0.15, -0.1) is 0 Å². The van der Waals surface area contributed by atoms with Crippen molar-refractivity contribution >= 4 is 33.2 Å². The van der Waals surface area contributed by atoms with Crippen molar-refractivity contribution in [3.63, 3.8) is 0 Å². The molecule has 8 heteroatoms. The fourth-order valence-corrected chi connectivity index (χ4v) is 4.85. The molecule has 0 radical (unpaired) electrons. The number of piperidine rings is 1. The molecular formula is C20H23ClN2O4S. The standard InChI is InChI=1S/C20H23ClN2O4S/c1-2-27-18-7-3-6-17(13-18)22-20(24)15-5-4-12-23(14-15)28(25,26)19-10-8-16(21)9-11-19/h3,6-11,13,15H,2,4-5,12,14H2,1H3,(H,22,24). The van der Waals surface area contributed by atoms with Crippen LogP contribution in [-0.2, 0) is 14.8 Å². The molecule has 2 aromatic carbocycles. The number of nitrogens with zero attached hydrogens (tertiary/aromatic N) is 1. The van der Waals surface area contributed by atoms with Crippen molar-refractivity contribution in [2.24, 2.45) is 5.92 Å². The average Bonchev–Trinajstić information content (AvgIpc) is 2.69. The molecule has 3 rings (SSSR count). The van der Waals surface area contributed by atoms with Crippen molar-refractivity contribution in [1.82, 2.24) is 4.31 Å². The highest BCUT2D eigenvalue weighted by Gasteiger charge is 2.33. The second kappa shape index (κ2) is 8.94. The van der Waals surface area contributed by atoms with E-state index in [4.69, 9.17) is 16.3 Å². The number of benzene rings is 2. The fourth-order valence-electron chi connectivity index (χ4n) is 3.20. The van der Waals surface area contributed by atoms with Crippen LogP contribution < -0.4 is 10.1 Å². The van der Waals surface area contributed by atoms with Crippen LogP contribution in [0, 0.1) is 5.92 Å². The third-order valence-corrected chi connectivity index (χ3v) is 6.75. The minimum atomic E-state index is -3.66. The van der Waals surface area contributed by atoms with Gasteiger partial charge in [0, 0.05) is 29.9 Å². The molecule has 1 aliphatic heterocycles. The van der Waals surface area contributed by atoms with Gasteiger partial charge < -0.3 is 10.1 Å². The molecule has 2 aromatic rings. The van der Waals surface area contributed by atoms with Crippen molar-refractivity contribution in [1.29, 1.82) is 0 Å². The normalized spacial score (nSPS) is 17.9.